The first kappa shape index (κ1) is 10.1. The summed E-state index contributed by atoms with van der Waals surface area (Å²) in [6.07, 6.45) is 0.898. The number of hydrogen-bond donors (Lipinski definition) is 1. The Morgan fingerprint density at radius 2 is 2.07 bits per heavy atom. The van der Waals surface area contributed by atoms with Crippen molar-refractivity contribution in [3.8, 4) is 0 Å². The van der Waals surface area contributed by atoms with Crippen LogP contribution in [0.15, 0.2) is 24.3 Å². The highest BCUT2D eigenvalue weighted by atomic mass is 35.5. The van der Waals surface area contributed by atoms with E-state index in [0.29, 0.717) is 5.92 Å². The molecule has 1 saturated carbocycles. The van der Waals surface area contributed by atoms with E-state index < -0.39 is 4.33 Å². The molecular formula is C11H13Cl2N. The van der Waals surface area contributed by atoms with E-state index in [-0.39, 0.29) is 0 Å². The number of rotatable bonds is 3. The van der Waals surface area contributed by atoms with E-state index >= 15 is 0 Å². The smallest absolute Gasteiger partial charge is 0.123 e. The molecule has 1 N–H and O–H groups in total. The normalized spacial score (nSPS) is 23.2. The number of halogens is 2. The Labute approximate surface area is 94.4 Å². The number of alkyl halides is 2. The molecule has 1 unspecified atom stereocenters. The van der Waals surface area contributed by atoms with Crippen LogP contribution < -0.4 is 5.32 Å². The minimum Gasteiger partial charge on any atom is -0.384 e. The molecule has 0 heterocycles. The topological polar surface area (TPSA) is 12.0 Å². The third-order valence-corrected chi connectivity index (χ3v) is 3.57. The Morgan fingerprint density at radius 3 is 2.64 bits per heavy atom. The molecule has 1 atom stereocenters. The van der Waals surface area contributed by atoms with Crippen LogP contribution in [0.3, 0.4) is 0 Å². The lowest BCUT2D eigenvalue weighted by molar-refractivity contribution is 0.874. The van der Waals surface area contributed by atoms with Gasteiger partial charge in [0.2, 0.25) is 0 Å². The SMILES string of the molecule is Cc1ccccc1NCC1CC1(Cl)Cl. The molecule has 1 aromatic carbocycles. The van der Waals surface area contributed by atoms with Gasteiger partial charge in [0.05, 0.1) is 0 Å². The lowest BCUT2D eigenvalue weighted by Gasteiger charge is -2.08. The zero-order chi connectivity index (χ0) is 10.2. The number of aryl methyl sites for hydroxylation is 1. The van der Waals surface area contributed by atoms with Crippen LogP contribution in [0.25, 0.3) is 0 Å². The largest absolute Gasteiger partial charge is 0.384 e. The number of hydrogen-bond acceptors (Lipinski definition) is 1. The maximum Gasteiger partial charge on any atom is 0.123 e. The lowest BCUT2D eigenvalue weighted by atomic mass is 10.2. The summed E-state index contributed by atoms with van der Waals surface area (Å²) in [4.78, 5) is 0. The minimum absolute atomic E-state index is 0.394. The van der Waals surface area contributed by atoms with Crippen molar-refractivity contribution in [2.45, 2.75) is 17.7 Å². The highest BCUT2D eigenvalue weighted by Crippen LogP contribution is 2.52. The summed E-state index contributed by atoms with van der Waals surface area (Å²) in [6.45, 7) is 2.95. The molecule has 1 aromatic rings. The van der Waals surface area contributed by atoms with Gasteiger partial charge in [-0.05, 0) is 25.0 Å². The quantitative estimate of drug-likeness (QED) is 0.782. The monoisotopic (exact) mass is 229 g/mol. The predicted molar refractivity (Wildman–Crippen MR) is 62.2 cm³/mol. The predicted octanol–water partition coefficient (Wildman–Crippen LogP) is 3.60. The van der Waals surface area contributed by atoms with Crippen LogP contribution in [0.4, 0.5) is 5.69 Å². The average Bonchev–Trinajstić information content (AvgIpc) is 2.73. The molecule has 0 amide bonds. The van der Waals surface area contributed by atoms with Crippen LogP contribution in [-0.4, -0.2) is 10.9 Å². The summed E-state index contributed by atoms with van der Waals surface area (Å²) in [5, 5.41) is 3.36. The first-order chi connectivity index (χ1) is 6.59. The third-order valence-electron chi connectivity index (χ3n) is 2.64. The second-order valence-electron chi connectivity index (χ2n) is 3.86. The van der Waals surface area contributed by atoms with Crippen molar-refractivity contribution in [2.75, 3.05) is 11.9 Å². The van der Waals surface area contributed by atoms with Gasteiger partial charge in [-0.25, -0.2) is 0 Å². The summed E-state index contributed by atoms with van der Waals surface area (Å²) >= 11 is 11.9. The Hall–Kier alpha value is -0.400. The van der Waals surface area contributed by atoms with Crippen LogP contribution >= 0.6 is 23.2 Å². The summed E-state index contributed by atoms with van der Waals surface area (Å²) in [7, 11) is 0. The van der Waals surface area contributed by atoms with Gasteiger partial charge in [-0.15, -0.1) is 23.2 Å². The van der Waals surface area contributed by atoms with Crippen LogP contribution in [0.2, 0.25) is 0 Å². The van der Waals surface area contributed by atoms with Gasteiger partial charge in [-0.3, -0.25) is 0 Å². The molecule has 3 heteroatoms. The van der Waals surface area contributed by atoms with Crippen LogP contribution in [-0.2, 0) is 0 Å². The molecule has 0 radical (unpaired) electrons. The van der Waals surface area contributed by atoms with Crippen molar-refractivity contribution < 1.29 is 0 Å². The van der Waals surface area contributed by atoms with E-state index in [1.165, 1.54) is 11.3 Å². The van der Waals surface area contributed by atoms with Gasteiger partial charge in [0.15, 0.2) is 0 Å². The molecule has 0 aromatic heterocycles. The van der Waals surface area contributed by atoms with E-state index in [9.17, 15) is 0 Å². The van der Waals surface area contributed by atoms with E-state index in [1.807, 2.05) is 12.1 Å². The summed E-state index contributed by atoms with van der Waals surface area (Å²) < 4.78 is -0.477. The van der Waals surface area contributed by atoms with Gasteiger partial charge >= 0.3 is 0 Å². The van der Waals surface area contributed by atoms with Crippen molar-refractivity contribution >= 4 is 28.9 Å². The number of nitrogens with one attached hydrogen (secondary N) is 1. The number of benzene rings is 1. The second kappa shape index (κ2) is 3.63. The van der Waals surface area contributed by atoms with E-state index in [0.717, 1.165) is 13.0 Å². The first-order valence-electron chi connectivity index (χ1n) is 4.77. The summed E-state index contributed by atoms with van der Waals surface area (Å²) in [5.41, 5.74) is 2.42. The zero-order valence-electron chi connectivity index (χ0n) is 8.06. The maximum atomic E-state index is 5.94. The molecule has 0 saturated heterocycles. The van der Waals surface area contributed by atoms with Crippen molar-refractivity contribution in [1.82, 2.24) is 0 Å². The maximum absolute atomic E-state index is 5.94. The van der Waals surface area contributed by atoms with Crippen molar-refractivity contribution in [1.29, 1.82) is 0 Å². The molecule has 14 heavy (non-hydrogen) atoms. The Morgan fingerprint density at radius 1 is 1.43 bits per heavy atom. The molecule has 1 fully saturated rings. The van der Waals surface area contributed by atoms with Crippen molar-refractivity contribution in [3.05, 3.63) is 29.8 Å². The van der Waals surface area contributed by atoms with Crippen LogP contribution in [0, 0.1) is 12.8 Å². The van der Waals surface area contributed by atoms with Gasteiger partial charge in [0, 0.05) is 18.2 Å². The molecule has 0 bridgehead atoms. The third kappa shape index (κ3) is 2.15. The van der Waals surface area contributed by atoms with Gasteiger partial charge in [0.25, 0.3) is 0 Å². The molecule has 76 valence electrons. The van der Waals surface area contributed by atoms with E-state index in [1.54, 1.807) is 0 Å². The van der Waals surface area contributed by atoms with E-state index in [2.05, 4.69) is 24.4 Å². The zero-order valence-corrected chi connectivity index (χ0v) is 9.57. The molecule has 2 rings (SSSR count). The Bertz CT molecular complexity index is 336. The fraction of sp³-hybridized carbons (Fsp3) is 0.455. The minimum atomic E-state index is -0.477. The number of anilines is 1. The first-order valence-corrected chi connectivity index (χ1v) is 5.52. The highest BCUT2D eigenvalue weighted by molar-refractivity contribution is 6.50. The van der Waals surface area contributed by atoms with Gasteiger partial charge in [-0.1, -0.05) is 18.2 Å². The lowest BCUT2D eigenvalue weighted by Crippen LogP contribution is -2.08. The molecule has 0 aliphatic heterocycles. The van der Waals surface area contributed by atoms with Gasteiger partial charge in [0.1, 0.15) is 4.33 Å². The fourth-order valence-electron chi connectivity index (χ4n) is 1.50. The molecule has 1 aliphatic carbocycles. The summed E-state index contributed by atoms with van der Waals surface area (Å²) in [5.74, 6) is 0.394. The van der Waals surface area contributed by atoms with Crippen molar-refractivity contribution in [3.63, 3.8) is 0 Å². The summed E-state index contributed by atoms with van der Waals surface area (Å²) in [6, 6.07) is 8.22. The highest BCUT2D eigenvalue weighted by Gasteiger charge is 2.51. The van der Waals surface area contributed by atoms with Crippen LogP contribution in [0.1, 0.15) is 12.0 Å². The second-order valence-corrected chi connectivity index (χ2v) is 5.40. The molecular weight excluding hydrogens is 217 g/mol. The fourth-order valence-corrected chi connectivity index (χ4v) is 2.02. The Kier molecular flexibility index (Phi) is 2.63. The number of para-hydroxylation sites is 1. The van der Waals surface area contributed by atoms with Gasteiger partial charge < -0.3 is 5.32 Å². The van der Waals surface area contributed by atoms with E-state index in [4.69, 9.17) is 23.2 Å². The average molecular weight is 230 g/mol. The van der Waals surface area contributed by atoms with Gasteiger partial charge in [-0.2, -0.15) is 0 Å². The standard InChI is InChI=1S/C11H13Cl2N/c1-8-4-2-3-5-10(8)14-7-9-6-11(9,12)13/h2-5,9,14H,6-7H2,1H3. The molecule has 0 spiro atoms. The Balaban J connectivity index is 1.90. The molecule has 1 nitrogen and oxygen atoms in total. The van der Waals surface area contributed by atoms with Crippen LogP contribution in [0.5, 0.6) is 0 Å². The van der Waals surface area contributed by atoms with Crippen molar-refractivity contribution in [2.24, 2.45) is 5.92 Å². The molecule has 1 aliphatic rings.